The van der Waals surface area contributed by atoms with Crippen molar-refractivity contribution < 1.29 is 23.4 Å². The maximum absolute atomic E-state index is 13.3. The number of benzene rings is 2. The summed E-state index contributed by atoms with van der Waals surface area (Å²) in [6, 6.07) is 17.2. The Kier molecular flexibility index (Phi) is 9.34. The molecule has 0 bridgehead atoms. The van der Waals surface area contributed by atoms with Gasteiger partial charge in [-0.3, -0.25) is 9.78 Å². The molecule has 2 saturated heterocycles. The molecular formula is C36H40N4O5. The lowest BCUT2D eigenvalue weighted by atomic mass is 9.93. The highest BCUT2D eigenvalue weighted by atomic mass is 16.5. The molecule has 2 aromatic carbocycles. The fourth-order valence-corrected chi connectivity index (χ4v) is 6.29. The number of furan rings is 1. The van der Waals surface area contributed by atoms with Crippen molar-refractivity contribution in [3.05, 3.63) is 65.9 Å². The van der Waals surface area contributed by atoms with Crippen molar-refractivity contribution in [3.63, 3.8) is 0 Å². The molecule has 1 N–H and O–H groups in total. The van der Waals surface area contributed by atoms with Gasteiger partial charge in [0.1, 0.15) is 34.9 Å². The van der Waals surface area contributed by atoms with E-state index < -0.39 is 0 Å². The molecule has 1 amide bonds. The molecule has 9 heteroatoms. The van der Waals surface area contributed by atoms with Gasteiger partial charge in [-0.15, -0.1) is 0 Å². The Labute approximate surface area is 264 Å². The number of methoxy groups -OCH3 is 1. The Hall–Kier alpha value is -4.39. The van der Waals surface area contributed by atoms with Crippen LogP contribution >= 0.6 is 0 Å². The number of pyridine rings is 1. The molecule has 4 heterocycles. The zero-order valence-electron chi connectivity index (χ0n) is 26.2. The Bertz CT molecular complexity index is 1700. The monoisotopic (exact) mass is 608 g/mol. The molecule has 6 rings (SSSR count). The predicted octanol–water partition coefficient (Wildman–Crippen LogP) is 6.45. The van der Waals surface area contributed by atoms with E-state index in [4.69, 9.17) is 18.6 Å². The second-order valence-electron chi connectivity index (χ2n) is 12.0. The van der Waals surface area contributed by atoms with Crippen molar-refractivity contribution in [3.8, 4) is 40.0 Å². The maximum Gasteiger partial charge on any atom is 0.251 e. The van der Waals surface area contributed by atoms with E-state index in [1.165, 1.54) is 0 Å². The van der Waals surface area contributed by atoms with E-state index in [0.717, 1.165) is 62.0 Å². The molecule has 0 aliphatic carbocycles. The van der Waals surface area contributed by atoms with Gasteiger partial charge < -0.3 is 28.8 Å². The zero-order valence-corrected chi connectivity index (χ0v) is 26.2. The van der Waals surface area contributed by atoms with E-state index in [9.17, 15) is 10.1 Å². The zero-order chi connectivity index (χ0) is 31.3. The average Bonchev–Trinajstić information content (AvgIpc) is 3.51. The summed E-state index contributed by atoms with van der Waals surface area (Å²) >= 11 is 0. The number of hydrogen-bond acceptors (Lipinski definition) is 8. The lowest BCUT2D eigenvalue weighted by molar-refractivity contribution is 0.0254. The Morgan fingerprint density at radius 3 is 2.71 bits per heavy atom. The van der Waals surface area contributed by atoms with Crippen LogP contribution in [0, 0.1) is 17.2 Å². The van der Waals surface area contributed by atoms with E-state index in [-0.39, 0.29) is 18.1 Å². The van der Waals surface area contributed by atoms with Crippen molar-refractivity contribution in [2.24, 2.45) is 5.92 Å². The number of nitrogens with one attached hydrogen (secondary N) is 1. The minimum absolute atomic E-state index is 0.0383. The second-order valence-corrected chi connectivity index (χ2v) is 12.0. The van der Waals surface area contributed by atoms with Crippen LogP contribution < -0.4 is 14.8 Å². The number of fused-ring (bicyclic) bond motifs is 1. The molecule has 4 aromatic rings. The third-order valence-corrected chi connectivity index (χ3v) is 8.91. The largest absolute Gasteiger partial charge is 0.496 e. The maximum atomic E-state index is 13.3. The number of carbonyl (C=O) groups is 1. The number of hydrogen-bond donors (Lipinski definition) is 1. The summed E-state index contributed by atoms with van der Waals surface area (Å²) in [5.74, 6) is 1.99. The number of nitrogens with zero attached hydrogens (tertiary/aromatic N) is 3. The summed E-state index contributed by atoms with van der Waals surface area (Å²) in [5.41, 5.74) is 4.64. The lowest BCUT2D eigenvalue weighted by Crippen LogP contribution is -2.51. The highest BCUT2D eigenvalue weighted by molar-refractivity contribution is 5.97. The molecule has 2 fully saturated rings. The van der Waals surface area contributed by atoms with Crippen LogP contribution in [0.2, 0.25) is 0 Å². The third-order valence-electron chi connectivity index (χ3n) is 8.91. The van der Waals surface area contributed by atoms with Crippen molar-refractivity contribution >= 4 is 17.0 Å². The number of amides is 1. The molecule has 9 nitrogen and oxygen atoms in total. The number of rotatable bonds is 9. The average molecular weight is 609 g/mol. The number of nitriles is 1. The molecule has 2 aliphatic heterocycles. The highest BCUT2D eigenvalue weighted by Gasteiger charge is 2.28. The van der Waals surface area contributed by atoms with Gasteiger partial charge >= 0.3 is 0 Å². The van der Waals surface area contributed by atoms with Gasteiger partial charge in [-0.05, 0) is 73.8 Å². The predicted molar refractivity (Wildman–Crippen MR) is 172 cm³/mol. The summed E-state index contributed by atoms with van der Waals surface area (Å²) < 4.78 is 23.7. The highest BCUT2D eigenvalue weighted by Crippen LogP contribution is 2.38. The van der Waals surface area contributed by atoms with Gasteiger partial charge in [-0.2, -0.15) is 5.26 Å². The minimum Gasteiger partial charge on any atom is -0.496 e. The van der Waals surface area contributed by atoms with E-state index in [1.807, 2.05) is 42.5 Å². The first kappa shape index (κ1) is 30.6. The quantitative estimate of drug-likeness (QED) is 0.231. The molecule has 45 heavy (non-hydrogen) atoms. The van der Waals surface area contributed by atoms with Gasteiger partial charge in [0.05, 0.1) is 31.5 Å². The van der Waals surface area contributed by atoms with Crippen molar-refractivity contribution in [1.82, 2.24) is 15.2 Å². The van der Waals surface area contributed by atoms with Crippen LogP contribution in [0.4, 0.5) is 0 Å². The molecule has 2 atom stereocenters. The first-order chi connectivity index (χ1) is 22.0. The smallest absolute Gasteiger partial charge is 0.251 e. The van der Waals surface area contributed by atoms with E-state index in [0.29, 0.717) is 58.6 Å². The normalized spacial score (nSPS) is 19.2. The van der Waals surface area contributed by atoms with Crippen molar-refractivity contribution in [2.45, 2.75) is 51.7 Å². The number of likely N-dealkylation sites (tertiary alicyclic amines) is 1. The van der Waals surface area contributed by atoms with Gasteiger partial charge in [0.15, 0.2) is 5.58 Å². The number of carbonyl (C=O) groups excluding carboxylic acids is 1. The van der Waals surface area contributed by atoms with Crippen LogP contribution in [0.3, 0.4) is 0 Å². The van der Waals surface area contributed by atoms with Crippen LogP contribution in [-0.4, -0.2) is 67.9 Å². The van der Waals surface area contributed by atoms with Gasteiger partial charge in [0, 0.05) is 48.8 Å². The van der Waals surface area contributed by atoms with Gasteiger partial charge in [0.2, 0.25) is 0 Å². The number of aromatic nitrogens is 1. The van der Waals surface area contributed by atoms with Crippen LogP contribution in [0.1, 0.15) is 55.5 Å². The van der Waals surface area contributed by atoms with Gasteiger partial charge in [-0.25, -0.2) is 0 Å². The summed E-state index contributed by atoms with van der Waals surface area (Å²) in [5, 5.41) is 13.2. The fourth-order valence-electron chi connectivity index (χ4n) is 6.29. The summed E-state index contributed by atoms with van der Waals surface area (Å²) in [4.78, 5) is 20.3. The van der Waals surface area contributed by atoms with E-state index >= 15 is 0 Å². The SMILES string of the molecule is CCCN1CCC(C)C(NC(=O)c2ccc(-c3cc4nccc(-c5ccc(OC6CCOCC6)c(C#N)c5)c4o3)c(OC)c2)C1. The molecule has 2 aliphatic rings. The van der Waals surface area contributed by atoms with E-state index in [1.54, 1.807) is 19.4 Å². The first-order valence-corrected chi connectivity index (χ1v) is 15.9. The molecule has 234 valence electrons. The topological polar surface area (TPSA) is 110 Å². The fraction of sp³-hybridized carbons (Fsp3) is 0.417. The van der Waals surface area contributed by atoms with Crippen LogP contribution in [-0.2, 0) is 4.74 Å². The standard InChI is InChI=1S/C36H40N4O5/c1-4-14-40-15-10-23(2)31(22-40)39-36(41)25-5-7-29(33(19-25)42-3)34-20-30-35(45-34)28(9-13-38-30)24-6-8-32(26(18-24)21-37)44-27-11-16-43-17-12-27/h5-9,13,18-20,23,27,31H,4,10-12,14-17,22H2,1-3H3,(H,39,41). The molecular weight excluding hydrogens is 568 g/mol. The molecule has 2 aromatic heterocycles. The molecule has 2 unspecified atom stereocenters. The number of piperidine rings is 1. The second kappa shape index (κ2) is 13.7. The molecule has 0 radical (unpaired) electrons. The Balaban J connectivity index is 1.25. The summed E-state index contributed by atoms with van der Waals surface area (Å²) in [6.07, 6.45) is 5.55. The number of ether oxygens (including phenoxy) is 3. The van der Waals surface area contributed by atoms with Crippen LogP contribution in [0.15, 0.2) is 59.1 Å². The molecule has 0 saturated carbocycles. The van der Waals surface area contributed by atoms with Crippen LogP contribution in [0.25, 0.3) is 33.6 Å². The lowest BCUT2D eigenvalue weighted by Gasteiger charge is -2.37. The molecule has 0 spiro atoms. The summed E-state index contributed by atoms with van der Waals surface area (Å²) in [7, 11) is 1.59. The van der Waals surface area contributed by atoms with Gasteiger partial charge in [-0.1, -0.05) is 19.9 Å². The van der Waals surface area contributed by atoms with Gasteiger partial charge in [0.25, 0.3) is 5.91 Å². The third kappa shape index (κ3) is 6.68. The Morgan fingerprint density at radius 2 is 1.93 bits per heavy atom. The van der Waals surface area contributed by atoms with E-state index in [2.05, 4.69) is 35.1 Å². The minimum atomic E-state index is -0.110. The summed E-state index contributed by atoms with van der Waals surface area (Å²) in [6.45, 7) is 8.71. The van der Waals surface area contributed by atoms with Crippen LogP contribution in [0.5, 0.6) is 11.5 Å². The van der Waals surface area contributed by atoms with Crippen molar-refractivity contribution in [2.75, 3.05) is 40.0 Å². The van der Waals surface area contributed by atoms with Crippen molar-refractivity contribution in [1.29, 1.82) is 5.26 Å². The first-order valence-electron chi connectivity index (χ1n) is 15.9. The Morgan fingerprint density at radius 1 is 1.09 bits per heavy atom.